The van der Waals surface area contributed by atoms with Crippen molar-refractivity contribution in [2.24, 2.45) is 0 Å². The van der Waals surface area contributed by atoms with Crippen molar-refractivity contribution in [1.29, 1.82) is 0 Å². The molecule has 134 valence electrons. The van der Waals surface area contributed by atoms with Gasteiger partial charge in [0, 0.05) is 35.8 Å². The van der Waals surface area contributed by atoms with Crippen LogP contribution in [-0.4, -0.2) is 17.7 Å². The number of halogens is 1. The lowest BCUT2D eigenvalue weighted by atomic mass is 9.76. The first-order valence-corrected chi connectivity index (χ1v) is 9.52. The summed E-state index contributed by atoms with van der Waals surface area (Å²) in [7, 11) is 2.03. The summed E-state index contributed by atoms with van der Waals surface area (Å²) in [4.78, 5) is 12.8. The van der Waals surface area contributed by atoms with Crippen molar-refractivity contribution >= 4 is 33.4 Å². The van der Waals surface area contributed by atoms with Gasteiger partial charge in [0.2, 0.25) is 5.72 Å². The third-order valence-corrected chi connectivity index (χ3v) is 6.25. The van der Waals surface area contributed by atoms with Crippen LogP contribution in [0.4, 0.5) is 11.4 Å². The molecule has 0 radical (unpaired) electrons. The minimum atomic E-state index is -0.677. The molecule has 0 amide bonds. The molecule has 0 aliphatic carbocycles. The van der Waals surface area contributed by atoms with E-state index in [1.165, 1.54) is 17.2 Å². The average molecular weight is 415 g/mol. The molecular formula is C20H19BrN2O3. The second-order valence-electron chi connectivity index (χ2n) is 7.28. The maximum absolute atomic E-state index is 11.0. The van der Waals surface area contributed by atoms with Gasteiger partial charge in [-0.05, 0) is 49.3 Å². The molecule has 0 N–H and O–H groups in total. The molecule has 0 bridgehead atoms. The zero-order valence-corrected chi connectivity index (χ0v) is 16.4. The lowest BCUT2D eigenvalue weighted by Gasteiger charge is -2.45. The molecule has 1 atom stereocenters. The summed E-state index contributed by atoms with van der Waals surface area (Å²) in [6.45, 7) is 4.34. The summed E-state index contributed by atoms with van der Waals surface area (Å²) in [6.07, 6.45) is 3.95. The third kappa shape index (κ3) is 2.14. The Morgan fingerprint density at radius 2 is 2.00 bits per heavy atom. The Hall–Kier alpha value is -2.34. The predicted octanol–water partition coefficient (Wildman–Crippen LogP) is 5.02. The van der Waals surface area contributed by atoms with E-state index < -0.39 is 5.72 Å². The Bertz CT molecular complexity index is 954. The van der Waals surface area contributed by atoms with Crippen molar-refractivity contribution in [1.82, 2.24) is 0 Å². The van der Waals surface area contributed by atoms with Gasteiger partial charge in [-0.2, -0.15) is 0 Å². The first-order chi connectivity index (χ1) is 12.3. The predicted molar refractivity (Wildman–Crippen MR) is 106 cm³/mol. The van der Waals surface area contributed by atoms with Crippen LogP contribution in [0, 0.1) is 10.1 Å². The molecule has 0 aromatic heterocycles. The summed E-state index contributed by atoms with van der Waals surface area (Å²) in [5.74, 6) is 0.659. The van der Waals surface area contributed by atoms with E-state index in [1.54, 1.807) is 12.1 Å². The van der Waals surface area contributed by atoms with E-state index in [1.807, 2.05) is 19.2 Å². The Morgan fingerprint density at radius 3 is 2.69 bits per heavy atom. The fourth-order valence-electron chi connectivity index (χ4n) is 4.05. The SMILES string of the molecule is CN1c2cc(CBr)ccc2C(C)(C)C12C=Cc1cc([N+](=O)[O-])ccc1O2. The van der Waals surface area contributed by atoms with Crippen molar-refractivity contribution in [3.8, 4) is 5.75 Å². The number of nitro groups is 1. The topological polar surface area (TPSA) is 55.6 Å². The lowest BCUT2D eigenvalue weighted by molar-refractivity contribution is -0.384. The number of fused-ring (bicyclic) bond motifs is 2. The number of likely N-dealkylation sites (N-methyl/N-ethyl adjacent to an activating group) is 1. The van der Waals surface area contributed by atoms with E-state index in [4.69, 9.17) is 4.74 Å². The number of hydrogen-bond acceptors (Lipinski definition) is 4. The van der Waals surface area contributed by atoms with Crippen LogP contribution in [0.1, 0.15) is 30.5 Å². The maximum Gasteiger partial charge on any atom is 0.270 e. The van der Waals surface area contributed by atoms with Crippen LogP contribution in [0.25, 0.3) is 6.08 Å². The maximum atomic E-state index is 11.0. The summed E-state index contributed by atoms with van der Waals surface area (Å²) >= 11 is 3.52. The number of nitro benzene ring substituents is 1. The van der Waals surface area contributed by atoms with Crippen molar-refractivity contribution < 1.29 is 9.66 Å². The minimum Gasteiger partial charge on any atom is -0.463 e. The summed E-state index contributed by atoms with van der Waals surface area (Å²) < 4.78 is 6.50. The highest BCUT2D eigenvalue weighted by Gasteiger charge is 2.57. The van der Waals surface area contributed by atoms with Crippen molar-refractivity contribution in [3.05, 3.63) is 69.3 Å². The Morgan fingerprint density at radius 1 is 1.23 bits per heavy atom. The quantitative estimate of drug-likeness (QED) is 0.393. The standard InChI is InChI=1S/C20H19BrN2O3/c1-19(2)16-6-4-13(12-21)10-17(16)22(3)20(19)9-8-14-11-15(23(24)25)5-7-18(14)26-20/h4-11H,12H2,1-3H3. The van der Waals surface area contributed by atoms with Crippen LogP contribution in [0.5, 0.6) is 5.75 Å². The fraction of sp³-hybridized carbons (Fsp3) is 0.300. The Labute approximate surface area is 160 Å². The summed E-state index contributed by atoms with van der Waals surface area (Å²) in [5, 5.41) is 11.8. The molecule has 2 aliphatic heterocycles. The molecule has 1 spiro atoms. The van der Waals surface area contributed by atoms with Crippen LogP contribution in [0.15, 0.2) is 42.5 Å². The van der Waals surface area contributed by atoms with Gasteiger partial charge >= 0.3 is 0 Å². The number of alkyl halides is 1. The van der Waals surface area contributed by atoms with E-state index in [-0.39, 0.29) is 16.0 Å². The normalized spacial score (nSPS) is 22.1. The van der Waals surface area contributed by atoms with Crippen molar-refractivity contribution in [2.75, 3.05) is 11.9 Å². The highest BCUT2D eigenvalue weighted by molar-refractivity contribution is 9.08. The summed E-state index contributed by atoms with van der Waals surface area (Å²) in [5.41, 5.74) is 3.39. The van der Waals surface area contributed by atoms with Gasteiger partial charge in [-0.15, -0.1) is 0 Å². The minimum absolute atomic E-state index is 0.0669. The summed E-state index contributed by atoms with van der Waals surface area (Å²) in [6, 6.07) is 11.2. The third-order valence-electron chi connectivity index (χ3n) is 5.60. The van der Waals surface area contributed by atoms with Crippen molar-refractivity contribution in [2.45, 2.75) is 30.3 Å². The van der Waals surface area contributed by atoms with Crippen LogP contribution in [-0.2, 0) is 10.7 Å². The molecule has 26 heavy (non-hydrogen) atoms. The highest BCUT2D eigenvalue weighted by atomic mass is 79.9. The fourth-order valence-corrected chi connectivity index (χ4v) is 4.40. The average Bonchev–Trinajstić information content (AvgIpc) is 2.79. The molecule has 2 aromatic rings. The molecule has 2 heterocycles. The molecule has 5 nitrogen and oxygen atoms in total. The van der Waals surface area contributed by atoms with Gasteiger partial charge < -0.3 is 9.64 Å². The molecule has 0 saturated carbocycles. The lowest BCUT2D eigenvalue weighted by Crippen LogP contribution is -2.58. The molecule has 6 heteroatoms. The van der Waals surface area contributed by atoms with Crippen LogP contribution in [0.3, 0.4) is 0 Å². The Balaban J connectivity index is 1.83. The van der Waals surface area contributed by atoms with Gasteiger partial charge in [0.05, 0.1) is 10.3 Å². The van der Waals surface area contributed by atoms with Gasteiger partial charge in [-0.3, -0.25) is 10.1 Å². The van der Waals surface area contributed by atoms with E-state index in [0.29, 0.717) is 5.75 Å². The Kier molecular flexibility index (Phi) is 3.67. The molecule has 4 rings (SSSR count). The number of anilines is 1. The molecule has 1 unspecified atom stereocenters. The van der Waals surface area contributed by atoms with Gasteiger partial charge in [0.1, 0.15) is 5.75 Å². The zero-order valence-electron chi connectivity index (χ0n) is 14.8. The molecule has 2 aromatic carbocycles. The molecule has 2 aliphatic rings. The second kappa shape index (κ2) is 5.58. The molecule has 0 fully saturated rings. The number of non-ortho nitro benzene ring substituents is 1. The monoisotopic (exact) mass is 414 g/mol. The number of nitrogens with zero attached hydrogens (tertiary/aromatic N) is 2. The van der Waals surface area contributed by atoms with Crippen LogP contribution in [0.2, 0.25) is 0 Å². The number of ether oxygens (including phenoxy) is 1. The molecular weight excluding hydrogens is 396 g/mol. The van der Waals surface area contributed by atoms with Gasteiger partial charge in [-0.25, -0.2) is 0 Å². The first-order valence-electron chi connectivity index (χ1n) is 8.40. The van der Waals surface area contributed by atoms with E-state index in [2.05, 4.69) is 52.9 Å². The van der Waals surface area contributed by atoms with E-state index in [9.17, 15) is 10.1 Å². The first kappa shape index (κ1) is 17.1. The largest absolute Gasteiger partial charge is 0.463 e. The van der Waals surface area contributed by atoms with Gasteiger partial charge in [0.15, 0.2) is 0 Å². The van der Waals surface area contributed by atoms with E-state index >= 15 is 0 Å². The second-order valence-corrected chi connectivity index (χ2v) is 7.84. The smallest absolute Gasteiger partial charge is 0.270 e. The number of rotatable bonds is 2. The zero-order chi connectivity index (χ0) is 18.7. The van der Waals surface area contributed by atoms with Gasteiger partial charge in [-0.1, -0.05) is 28.1 Å². The highest BCUT2D eigenvalue weighted by Crippen LogP contribution is 2.54. The number of benzene rings is 2. The van der Waals surface area contributed by atoms with Gasteiger partial charge in [0.25, 0.3) is 5.69 Å². The van der Waals surface area contributed by atoms with Crippen LogP contribution >= 0.6 is 15.9 Å². The van der Waals surface area contributed by atoms with E-state index in [0.717, 1.165) is 16.6 Å². The number of hydrogen-bond donors (Lipinski definition) is 0. The van der Waals surface area contributed by atoms with Crippen molar-refractivity contribution in [3.63, 3.8) is 0 Å². The van der Waals surface area contributed by atoms with Crippen LogP contribution < -0.4 is 9.64 Å². The molecule has 0 saturated heterocycles.